The molecule has 4 nitrogen and oxygen atoms in total. The smallest absolute Gasteiger partial charge is 0.252 e. The van der Waals surface area contributed by atoms with E-state index in [2.05, 4.69) is 19.2 Å². The summed E-state index contributed by atoms with van der Waals surface area (Å²) in [5, 5.41) is 3.05. The van der Waals surface area contributed by atoms with Gasteiger partial charge in [-0.2, -0.15) is 0 Å². The zero-order valence-electron chi connectivity index (χ0n) is 16.1. The van der Waals surface area contributed by atoms with Crippen LogP contribution in [0.4, 0.5) is 0 Å². The van der Waals surface area contributed by atoms with Gasteiger partial charge in [-0.3, -0.25) is 4.79 Å². The summed E-state index contributed by atoms with van der Waals surface area (Å²) >= 11 is 0. The SMILES string of the molecule is COCc1ccccc1C(=O)NC(C)c1ccc(OCCC(C)C)cc1. The molecule has 1 unspecified atom stereocenters. The molecule has 1 atom stereocenters. The maximum Gasteiger partial charge on any atom is 0.252 e. The molecule has 0 aromatic heterocycles. The summed E-state index contributed by atoms with van der Waals surface area (Å²) in [5.74, 6) is 1.39. The average Bonchev–Trinajstić information content (AvgIpc) is 2.62. The molecule has 0 saturated carbocycles. The number of ether oxygens (including phenoxy) is 2. The number of methoxy groups -OCH3 is 1. The Hall–Kier alpha value is -2.33. The Morgan fingerprint density at radius 2 is 1.73 bits per heavy atom. The topological polar surface area (TPSA) is 47.6 Å². The Morgan fingerprint density at radius 1 is 1.04 bits per heavy atom. The number of carbonyl (C=O) groups excluding carboxylic acids is 1. The Balaban J connectivity index is 1.97. The summed E-state index contributed by atoms with van der Waals surface area (Å²) in [6.07, 6.45) is 1.04. The highest BCUT2D eigenvalue weighted by Crippen LogP contribution is 2.19. The standard InChI is InChI=1S/C22H29NO3/c1-16(2)13-14-26-20-11-9-18(10-12-20)17(3)23-22(24)21-8-6-5-7-19(21)15-25-4/h5-12,16-17H,13-15H2,1-4H3,(H,23,24). The number of rotatable bonds is 9. The normalized spacial score (nSPS) is 12.0. The van der Waals surface area contributed by atoms with Crippen molar-refractivity contribution in [3.63, 3.8) is 0 Å². The molecule has 26 heavy (non-hydrogen) atoms. The minimum Gasteiger partial charge on any atom is -0.494 e. The van der Waals surface area contributed by atoms with E-state index >= 15 is 0 Å². The van der Waals surface area contributed by atoms with Gasteiger partial charge in [0.15, 0.2) is 0 Å². The van der Waals surface area contributed by atoms with Crippen LogP contribution in [0, 0.1) is 5.92 Å². The maximum absolute atomic E-state index is 12.6. The van der Waals surface area contributed by atoms with E-state index < -0.39 is 0 Å². The third-order valence-electron chi connectivity index (χ3n) is 4.25. The first-order chi connectivity index (χ1) is 12.5. The van der Waals surface area contributed by atoms with Gasteiger partial charge in [0.05, 0.1) is 19.3 Å². The van der Waals surface area contributed by atoms with E-state index in [1.807, 2.05) is 55.5 Å². The second-order valence-electron chi connectivity index (χ2n) is 6.89. The van der Waals surface area contributed by atoms with Crippen molar-refractivity contribution < 1.29 is 14.3 Å². The highest BCUT2D eigenvalue weighted by Gasteiger charge is 2.14. The highest BCUT2D eigenvalue weighted by molar-refractivity contribution is 5.95. The van der Waals surface area contributed by atoms with E-state index in [-0.39, 0.29) is 11.9 Å². The molecular weight excluding hydrogens is 326 g/mol. The quantitative estimate of drug-likeness (QED) is 0.706. The molecule has 0 radical (unpaired) electrons. The lowest BCUT2D eigenvalue weighted by Gasteiger charge is -2.16. The van der Waals surface area contributed by atoms with Gasteiger partial charge >= 0.3 is 0 Å². The number of carbonyl (C=O) groups is 1. The molecule has 0 bridgehead atoms. The Bertz CT molecular complexity index is 695. The van der Waals surface area contributed by atoms with Crippen LogP contribution in [0.1, 0.15) is 54.7 Å². The van der Waals surface area contributed by atoms with Crippen LogP contribution < -0.4 is 10.1 Å². The van der Waals surface area contributed by atoms with E-state index in [9.17, 15) is 4.79 Å². The maximum atomic E-state index is 12.6. The first-order valence-electron chi connectivity index (χ1n) is 9.11. The van der Waals surface area contributed by atoms with Gasteiger partial charge in [-0.15, -0.1) is 0 Å². The molecule has 0 fully saturated rings. The summed E-state index contributed by atoms with van der Waals surface area (Å²) in [5.41, 5.74) is 2.57. The average molecular weight is 355 g/mol. The lowest BCUT2D eigenvalue weighted by molar-refractivity contribution is 0.0935. The van der Waals surface area contributed by atoms with Crippen LogP contribution in [0.2, 0.25) is 0 Å². The van der Waals surface area contributed by atoms with Crippen LogP contribution >= 0.6 is 0 Å². The van der Waals surface area contributed by atoms with Crippen LogP contribution in [-0.2, 0) is 11.3 Å². The molecule has 0 aliphatic rings. The van der Waals surface area contributed by atoms with Gasteiger partial charge in [0.25, 0.3) is 5.91 Å². The summed E-state index contributed by atoms with van der Waals surface area (Å²) in [4.78, 5) is 12.6. The van der Waals surface area contributed by atoms with Gasteiger partial charge in [-0.05, 0) is 48.6 Å². The number of benzene rings is 2. The summed E-state index contributed by atoms with van der Waals surface area (Å²) in [6, 6.07) is 15.3. The van der Waals surface area contributed by atoms with Crippen molar-refractivity contribution in [1.82, 2.24) is 5.32 Å². The van der Waals surface area contributed by atoms with Crippen molar-refractivity contribution >= 4 is 5.91 Å². The van der Waals surface area contributed by atoms with Crippen molar-refractivity contribution in [3.8, 4) is 5.75 Å². The van der Waals surface area contributed by atoms with E-state index in [0.717, 1.165) is 29.9 Å². The zero-order chi connectivity index (χ0) is 18.9. The summed E-state index contributed by atoms with van der Waals surface area (Å²) in [6.45, 7) is 7.48. The lowest BCUT2D eigenvalue weighted by Crippen LogP contribution is -2.27. The summed E-state index contributed by atoms with van der Waals surface area (Å²) < 4.78 is 10.9. The van der Waals surface area contributed by atoms with Crippen molar-refractivity contribution in [3.05, 3.63) is 65.2 Å². The van der Waals surface area contributed by atoms with Crippen LogP contribution in [0.25, 0.3) is 0 Å². The minimum absolute atomic E-state index is 0.0946. The van der Waals surface area contributed by atoms with Gasteiger partial charge in [0.1, 0.15) is 5.75 Å². The Kier molecular flexibility index (Phi) is 7.67. The first kappa shape index (κ1) is 20.0. The number of hydrogen-bond acceptors (Lipinski definition) is 3. The van der Waals surface area contributed by atoms with E-state index in [0.29, 0.717) is 18.1 Å². The predicted molar refractivity (Wildman–Crippen MR) is 104 cm³/mol. The van der Waals surface area contributed by atoms with Crippen LogP contribution in [0.3, 0.4) is 0 Å². The Labute approximate surface area is 156 Å². The second kappa shape index (κ2) is 9.97. The fraction of sp³-hybridized carbons (Fsp3) is 0.409. The molecule has 0 aliphatic carbocycles. The van der Waals surface area contributed by atoms with Crippen LogP contribution in [-0.4, -0.2) is 19.6 Å². The van der Waals surface area contributed by atoms with Crippen LogP contribution in [0.5, 0.6) is 5.75 Å². The van der Waals surface area contributed by atoms with E-state index in [1.165, 1.54) is 0 Å². The van der Waals surface area contributed by atoms with E-state index in [4.69, 9.17) is 9.47 Å². The van der Waals surface area contributed by atoms with Crippen molar-refractivity contribution in [2.45, 2.75) is 39.8 Å². The largest absolute Gasteiger partial charge is 0.494 e. The zero-order valence-corrected chi connectivity index (χ0v) is 16.1. The van der Waals surface area contributed by atoms with Gasteiger partial charge in [-0.25, -0.2) is 0 Å². The summed E-state index contributed by atoms with van der Waals surface area (Å²) in [7, 11) is 1.63. The molecule has 2 rings (SSSR count). The molecule has 140 valence electrons. The van der Waals surface area contributed by atoms with Gasteiger partial charge in [0.2, 0.25) is 0 Å². The molecule has 0 saturated heterocycles. The third-order valence-corrected chi connectivity index (χ3v) is 4.25. The third kappa shape index (κ3) is 5.88. The molecule has 0 spiro atoms. The van der Waals surface area contributed by atoms with Gasteiger partial charge in [-0.1, -0.05) is 44.2 Å². The molecule has 0 heterocycles. The number of amides is 1. The molecule has 2 aromatic carbocycles. The van der Waals surface area contributed by atoms with Crippen molar-refractivity contribution in [1.29, 1.82) is 0 Å². The fourth-order valence-electron chi connectivity index (χ4n) is 2.65. The molecule has 1 N–H and O–H groups in total. The van der Waals surface area contributed by atoms with Crippen molar-refractivity contribution in [2.24, 2.45) is 5.92 Å². The molecule has 2 aromatic rings. The molecule has 1 amide bonds. The highest BCUT2D eigenvalue weighted by atomic mass is 16.5. The van der Waals surface area contributed by atoms with Gasteiger partial charge in [0, 0.05) is 12.7 Å². The molecular formula is C22H29NO3. The van der Waals surface area contributed by atoms with Crippen LogP contribution in [0.15, 0.2) is 48.5 Å². The predicted octanol–water partition coefficient (Wildman–Crippen LogP) is 4.75. The van der Waals surface area contributed by atoms with Crippen molar-refractivity contribution in [2.75, 3.05) is 13.7 Å². The Morgan fingerprint density at radius 3 is 2.38 bits per heavy atom. The minimum atomic E-state index is -0.0950. The first-order valence-corrected chi connectivity index (χ1v) is 9.11. The van der Waals surface area contributed by atoms with Gasteiger partial charge < -0.3 is 14.8 Å². The fourth-order valence-corrected chi connectivity index (χ4v) is 2.65. The second-order valence-corrected chi connectivity index (χ2v) is 6.89. The number of hydrogen-bond donors (Lipinski definition) is 1. The molecule has 4 heteroatoms. The van der Waals surface area contributed by atoms with E-state index in [1.54, 1.807) is 7.11 Å². The molecule has 0 aliphatic heterocycles. The lowest BCUT2D eigenvalue weighted by atomic mass is 10.1. The monoisotopic (exact) mass is 355 g/mol. The number of nitrogens with one attached hydrogen (secondary N) is 1.